The summed E-state index contributed by atoms with van der Waals surface area (Å²) in [4.78, 5) is 2.43. The standard InChI is InChI=1S/C12H19N/c1-4-12(8-7-11(2)3)13-9-5-6-10-13/h4,7-8H,2,5-6,9-10H2,1,3H3/b8-7-,12-4+. The molecule has 1 aliphatic heterocycles. The van der Waals surface area contributed by atoms with Gasteiger partial charge in [0.1, 0.15) is 0 Å². The first-order chi connectivity index (χ1) is 6.24. The largest absolute Gasteiger partial charge is 0.372 e. The van der Waals surface area contributed by atoms with Gasteiger partial charge in [0.15, 0.2) is 0 Å². The van der Waals surface area contributed by atoms with E-state index in [0.29, 0.717) is 0 Å². The van der Waals surface area contributed by atoms with Crippen molar-refractivity contribution in [1.82, 2.24) is 4.90 Å². The fourth-order valence-corrected chi connectivity index (χ4v) is 1.59. The highest BCUT2D eigenvalue weighted by molar-refractivity contribution is 5.24. The minimum atomic E-state index is 1.11. The maximum Gasteiger partial charge on any atom is 0.0322 e. The first kappa shape index (κ1) is 10.1. The molecule has 1 heteroatoms. The van der Waals surface area contributed by atoms with Crippen LogP contribution in [0, 0.1) is 0 Å². The lowest BCUT2D eigenvalue weighted by atomic mass is 10.2. The molecule has 0 radical (unpaired) electrons. The Morgan fingerprint density at radius 3 is 2.31 bits per heavy atom. The fraction of sp³-hybridized carbons (Fsp3) is 0.500. The zero-order chi connectivity index (χ0) is 9.68. The predicted octanol–water partition coefficient (Wildman–Crippen LogP) is 3.12. The Balaban J connectivity index is 2.57. The molecule has 1 nitrogen and oxygen atoms in total. The van der Waals surface area contributed by atoms with E-state index < -0.39 is 0 Å². The van der Waals surface area contributed by atoms with Crippen molar-refractivity contribution in [3.05, 3.63) is 36.1 Å². The van der Waals surface area contributed by atoms with Crippen molar-refractivity contribution in [1.29, 1.82) is 0 Å². The summed E-state index contributed by atoms with van der Waals surface area (Å²) >= 11 is 0. The third-order valence-electron chi connectivity index (χ3n) is 2.31. The van der Waals surface area contributed by atoms with Crippen molar-refractivity contribution in [2.45, 2.75) is 26.7 Å². The van der Waals surface area contributed by atoms with Gasteiger partial charge in [-0.25, -0.2) is 0 Å². The number of likely N-dealkylation sites (tertiary alicyclic amines) is 1. The van der Waals surface area contributed by atoms with Crippen LogP contribution in [0.1, 0.15) is 26.7 Å². The molecule has 0 saturated carbocycles. The van der Waals surface area contributed by atoms with Crippen LogP contribution in [0.4, 0.5) is 0 Å². The molecule has 13 heavy (non-hydrogen) atoms. The molecule has 0 N–H and O–H groups in total. The molecule has 1 fully saturated rings. The lowest BCUT2D eigenvalue weighted by Gasteiger charge is -2.18. The maximum absolute atomic E-state index is 3.86. The Morgan fingerprint density at radius 2 is 1.85 bits per heavy atom. The van der Waals surface area contributed by atoms with Gasteiger partial charge in [-0.1, -0.05) is 24.3 Å². The van der Waals surface area contributed by atoms with Gasteiger partial charge in [0.2, 0.25) is 0 Å². The van der Waals surface area contributed by atoms with Gasteiger partial charge in [0.05, 0.1) is 0 Å². The van der Waals surface area contributed by atoms with Crippen LogP contribution < -0.4 is 0 Å². The number of hydrogen-bond acceptors (Lipinski definition) is 1. The maximum atomic E-state index is 3.86. The molecule has 0 amide bonds. The van der Waals surface area contributed by atoms with Crippen LogP contribution in [-0.2, 0) is 0 Å². The van der Waals surface area contributed by atoms with E-state index in [-0.39, 0.29) is 0 Å². The molecule has 1 saturated heterocycles. The van der Waals surface area contributed by atoms with Gasteiger partial charge in [0.25, 0.3) is 0 Å². The predicted molar refractivity (Wildman–Crippen MR) is 58.5 cm³/mol. The molecular formula is C12H19N. The Kier molecular flexibility index (Phi) is 3.81. The molecule has 0 aromatic rings. The summed E-state index contributed by atoms with van der Waals surface area (Å²) in [5.74, 6) is 0. The molecular weight excluding hydrogens is 158 g/mol. The van der Waals surface area contributed by atoms with Crippen LogP contribution in [0.25, 0.3) is 0 Å². The minimum absolute atomic E-state index is 1.11. The Morgan fingerprint density at radius 1 is 1.23 bits per heavy atom. The summed E-state index contributed by atoms with van der Waals surface area (Å²) < 4.78 is 0. The van der Waals surface area contributed by atoms with Crippen molar-refractivity contribution in [3.63, 3.8) is 0 Å². The third-order valence-corrected chi connectivity index (χ3v) is 2.31. The van der Waals surface area contributed by atoms with Crippen molar-refractivity contribution in [2.75, 3.05) is 13.1 Å². The van der Waals surface area contributed by atoms with E-state index in [0.717, 1.165) is 5.57 Å². The molecule has 0 unspecified atom stereocenters. The summed E-state index contributed by atoms with van der Waals surface area (Å²) in [5.41, 5.74) is 2.44. The number of hydrogen-bond donors (Lipinski definition) is 0. The van der Waals surface area contributed by atoms with Gasteiger partial charge in [-0.05, 0) is 32.8 Å². The van der Waals surface area contributed by atoms with E-state index in [1.807, 2.05) is 6.92 Å². The van der Waals surface area contributed by atoms with Gasteiger partial charge in [0, 0.05) is 18.8 Å². The van der Waals surface area contributed by atoms with E-state index in [2.05, 4.69) is 36.6 Å². The second-order valence-corrected chi connectivity index (χ2v) is 3.59. The molecule has 1 rings (SSSR count). The Hall–Kier alpha value is -0.980. The van der Waals surface area contributed by atoms with E-state index in [9.17, 15) is 0 Å². The first-order valence-corrected chi connectivity index (χ1v) is 4.99. The van der Waals surface area contributed by atoms with Gasteiger partial charge in [-0.2, -0.15) is 0 Å². The van der Waals surface area contributed by atoms with Gasteiger partial charge < -0.3 is 4.90 Å². The second-order valence-electron chi connectivity index (χ2n) is 3.59. The second kappa shape index (κ2) is 4.90. The SMILES string of the molecule is C=C(C)/C=C\C(=C/C)N1CCCC1. The molecule has 1 heterocycles. The zero-order valence-electron chi connectivity index (χ0n) is 8.71. The Bertz CT molecular complexity index is 230. The highest BCUT2D eigenvalue weighted by Gasteiger charge is 2.11. The van der Waals surface area contributed by atoms with Crippen LogP contribution in [0.5, 0.6) is 0 Å². The highest BCUT2D eigenvalue weighted by Crippen LogP contribution is 2.15. The normalized spacial score (nSPS) is 18.6. The van der Waals surface area contributed by atoms with Crippen LogP contribution in [-0.4, -0.2) is 18.0 Å². The van der Waals surface area contributed by atoms with E-state index >= 15 is 0 Å². The molecule has 1 aliphatic rings. The van der Waals surface area contributed by atoms with Gasteiger partial charge in [-0.15, -0.1) is 0 Å². The molecule has 0 aromatic heterocycles. The van der Waals surface area contributed by atoms with Gasteiger partial charge >= 0.3 is 0 Å². The molecule has 0 bridgehead atoms. The number of rotatable bonds is 3. The summed E-state index contributed by atoms with van der Waals surface area (Å²) in [5, 5.41) is 0. The van der Waals surface area contributed by atoms with Crippen molar-refractivity contribution >= 4 is 0 Å². The lowest BCUT2D eigenvalue weighted by molar-refractivity contribution is 0.439. The van der Waals surface area contributed by atoms with E-state index in [4.69, 9.17) is 0 Å². The first-order valence-electron chi connectivity index (χ1n) is 4.99. The van der Waals surface area contributed by atoms with Crippen molar-refractivity contribution in [2.24, 2.45) is 0 Å². The highest BCUT2D eigenvalue weighted by atomic mass is 15.1. The summed E-state index contributed by atoms with van der Waals surface area (Å²) in [6.07, 6.45) is 9.07. The minimum Gasteiger partial charge on any atom is -0.372 e. The molecule has 0 aliphatic carbocycles. The average molecular weight is 177 g/mol. The molecule has 0 aromatic carbocycles. The summed E-state index contributed by atoms with van der Waals surface area (Å²) in [7, 11) is 0. The lowest BCUT2D eigenvalue weighted by Crippen LogP contribution is -2.16. The number of allylic oxidation sites excluding steroid dienone is 4. The number of nitrogens with zero attached hydrogens (tertiary/aromatic N) is 1. The topological polar surface area (TPSA) is 3.24 Å². The van der Waals surface area contributed by atoms with E-state index in [1.165, 1.54) is 31.6 Å². The molecule has 0 spiro atoms. The third kappa shape index (κ3) is 3.10. The molecule has 72 valence electrons. The van der Waals surface area contributed by atoms with Crippen LogP contribution in [0.15, 0.2) is 36.1 Å². The Labute approximate surface area is 81.4 Å². The smallest absolute Gasteiger partial charge is 0.0322 e. The monoisotopic (exact) mass is 177 g/mol. The fourth-order valence-electron chi connectivity index (χ4n) is 1.59. The average Bonchev–Trinajstić information content (AvgIpc) is 2.58. The van der Waals surface area contributed by atoms with E-state index in [1.54, 1.807) is 0 Å². The zero-order valence-corrected chi connectivity index (χ0v) is 8.71. The molecule has 0 atom stereocenters. The van der Waals surface area contributed by atoms with Crippen molar-refractivity contribution < 1.29 is 0 Å². The van der Waals surface area contributed by atoms with Crippen molar-refractivity contribution in [3.8, 4) is 0 Å². The quantitative estimate of drug-likeness (QED) is 0.599. The summed E-state index contributed by atoms with van der Waals surface area (Å²) in [6, 6.07) is 0. The van der Waals surface area contributed by atoms with Gasteiger partial charge in [-0.3, -0.25) is 0 Å². The van der Waals surface area contributed by atoms with Crippen LogP contribution >= 0.6 is 0 Å². The van der Waals surface area contributed by atoms with Crippen LogP contribution in [0.3, 0.4) is 0 Å². The van der Waals surface area contributed by atoms with Crippen LogP contribution in [0.2, 0.25) is 0 Å². The summed E-state index contributed by atoms with van der Waals surface area (Å²) in [6.45, 7) is 10.4.